The molecule has 1 atom stereocenters. The molecule has 1 aromatic rings. The monoisotopic (exact) mass is 339 g/mol. The Hall–Kier alpha value is -1.89. The van der Waals surface area contributed by atoms with Crippen molar-refractivity contribution >= 4 is 27.4 Å². The second-order valence-electron chi connectivity index (χ2n) is 5.73. The van der Waals surface area contributed by atoms with Gasteiger partial charge in [-0.3, -0.25) is 4.79 Å². The van der Waals surface area contributed by atoms with Crippen LogP contribution in [0.2, 0.25) is 0 Å². The van der Waals surface area contributed by atoms with E-state index in [4.69, 9.17) is 4.74 Å². The number of carbonyl (C=O) groups is 2. The molecule has 0 aromatic heterocycles. The highest BCUT2D eigenvalue weighted by Crippen LogP contribution is 2.22. The first-order chi connectivity index (χ1) is 10.9. The molecule has 7 heteroatoms. The highest BCUT2D eigenvalue weighted by Gasteiger charge is 2.29. The Labute approximate surface area is 136 Å². The van der Waals surface area contributed by atoms with Gasteiger partial charge in [-0.2, -0.15) is 0 Å². The maximum atomic E-state index is 11.9. The number of rotatable bonds is 6. The highest BCUT2D eigenvalue weighted by molar-refractivity contribution is 7.91. The van der Waals surface area contributed by atoms with Gasteiger partial charge in [-0.05, 0) is 43.0 Å². The molecule has 0 bridgehead atoms. The van der Waals surface area contributed by atoms with Crippen LogP contribution in [-0.2, 0) is 19.4 Å². The Morgan fingerprint density at radius 3 is 2.52 bits per heavy atom. The molecular weight excluding hydrogens is 318 g/mol. The number of hydrogen-bond donors (Lipinski definition) is 1. The molecule has 1 aliphatic rings. The van der Waals surface area contributed by atoms with Crippen molar-refractivity contribution in [1.29, 1.82) is 0 Å². The number of carbonyl (C=O) groups excluding carboxylic acids is 2. The van der Waals surface area contributed by atoms with Gasteiger partial charge in [0.1, 0.15) is 0 Å². The summed E-state index contributed by atoms with van der Waals surface area (Å²) >= 11 is 0. The van der Waals surface area contributed by atoms with Crippen LogP contribution in [-0.4, -0.2) is 38.4 Å². The number of amides is 1. The summed E-state index contributed by atoms with van der Waals surface area (Å²) in [4.78, 5) is 23.6. The number of nitrogens with one attached hydrogen (secondary N) is 1. The van der Waals surface area contributed by atoms with E-state index in [1.807, 2.05) is 6.92 Å². The Balaban J connectivity index is 1.85. The minimum Gasteiger partial charge on any atom is -0.462 e. The largest absolute Gasteiger partial charge is 0.462 e. The fourth-order valence-corrected chi connectivity index (χ4v) is 4.34. The van der Waals surface area contributed by atoms with Crippen LogP contribution in [0, 0.1) is 5.92 Å². The predicted octanol–water partition coefficient (Wildman–Crippen LogP) is 2.02. The average molecular weight is 339 g/mol. The van der Waals surface area contributed by atoms with Crippen molar-refractivity contribution in [3.05, 3.63) is 29.8 Å². The number of esters is 1. The molecule has 1 saturated heterocycles. The van der Waals surface area contributed by atoms with E-state index in [9.17, 15) is 18.0 Å². The second kappa shape index (κ2) is 7.59. The molecular formula is C16H21NO5S. The molecule has 6 nitrogen and oxygen atoms in total. The topological polar surface area (TPSA) is 89.5 Å². The van der Waals surface area contributed by atoms with Gasteiger partial charge < -0.3 is 10.1 Å². The lowest BCUT2D eigenvalue weighted by atomic mass is 10.0. The molecule has 1 unspecified atom stereocenters. The smallest absolute Gasteiger partial charge is 0.338 e. The average Bonchev–Trinajstić information content (AvgIpc) is 2.84. The summed E-state index contributed by atoms with van der Waals surface area (Å²) in [6.07, 6.45) is 1.49. The number of ether oxygens (including phenoxy) is 1. The SMILES string of the molecule is CCCOC(=O)c1ccc(NC(=O)CC2CCS(=O)(=O)C2)cc1. The maximum absolute atomic E-state index is 11.9. The third kappa shape index (κ3) is 5.35. The van der Waals surface area contributed by atoms with Gasteiger partial charge >= 0.3 is 5.97 Å². The van der Waals surface area contributed by atoms with E-state index in [0.717, 1.165) is 6.42 Å². The highest BCUT2D eigenvalue weighted by atomic mass is 32.2. The Kier molecular flexibility index (Phi) is 5.76. The van der Waals surface area contributed by atoms with Crippen LogP contribution in [0.1, 0.15) is 36.5 Å². The van der Waals surface area contributed by atoms with Crippen LogP contribution in [0.15, 0.2) is 24.3 Å². The zero-order valence-corrected chi connectivity index (χ0v) is 13.9. The standard InChI is InChI=1S/C16H21NO5S/c1-2-8-22-16(19)13-3-5-14(6-4-13)17-15(18)10-12-7-9-23(20,21)11-12/h3-6,12H,2,7-11H2,1H3,(H,17,18). The third-order valence-corrected chi connectivity index (χ3v) is 5.48. The predicted molar refractivity (Wildman–Crippen MR) is 87.0 cm³/mol. The van der Waals surface area contributed by atoms with Crippen molar-refractivity contribution in [3.63, 3.8) is 0 Å². The van der Waals surface area contributed by atoms with Crippen LogP contribution in [0.5, 0.6) is 0 Å². The van der Waals surface area contributed by atoms with E-state index in [0.29, 0.717) is 24.3 Å². The lowest BCUT2D eigenvalue weighted by Crippen LogP contribution is -2.17. The van der Waals surface area contributed by atoms with E-state index in [1.165, 1.54) is 0 Å². The number of anilines is 1. The van der Waals surface area contributed by atoms with E-state index in [2.05, 4.69) is 5.32 Å². The van der Waals surface area contributed by atoms with Crippen LogP contribution >= 0.6 is 0 Å². The summed E-state index contributed by atoms with van der Waals surface area (Å²) < 4.78 is 27.8. The Morgan fingerprint density at radius 1 is 1.26 bits per heavy atom. The van der Waals surface area contributed by atoms with Crippen molar-refractivity contribution in [3.8, 4) is 0 Å². The molecule has 126 valence electrons. The third-order valence-electron chi connectivity index (χ3n) is 3.64. The maximum Gasteiger partial charge on any atom is 0.338 e. The lowest BCUT2D eigenvalue weighted by Gasteiger charge is -2.09. The number of benzene rings is 1. The van der Waals surface area contributed by atoms with Gasteiger partial charge in [-0.1, -0.05) is 6.92 Å². The van der Waals surface area contributed by atoms with E-state index < -0.39 is 9.84 Å². The number of sulfone groups is 1. The second-order valence-corrected chi connectivity index (χ2v) is 7.96. The first kappa shape index (κ1) is 17.5. The van der Waals surface area contributed by atoms with Crippen molar-refractivity contribution < 1.29 is 22.7 Å². The first-order valence-electron chi connectivity index (χ1n) is 7.67. The van der Waals surface area contributed by atoms with Gasteiger partial charge in [-0.15, -0.1) is 0 Å². The van der Waals surface area contributed by atoms with Crippen LogP contribution < -0.4 is 5.32 Å². The van der Waals surface area contributed by atoms with E-state index in [1.54, 1.807) is 24.3 Å². The van der Waals surface area contributed by atoms with E-state index >= 15 is 0 Å². The van der Waals surface area contributed by atoms with Crippen LogP contribution in [0.25, 0.3) is 0 Å². The molecule has 1 heterocycles. The normalized spacial score (nSPS) is 19.3. The molecule has 0 saturated carbocycles. The van der Waals surface area contributed by atoms with Gasteiger partial charge in [0.25, 0.3) is 0 Å². The summed E-state index contributed by atoms with van der Waals surface area (Å²) in [6.45, 7) is 2.29. The minimum atomic E-state index is -2.97. The molecule has 1 N–H and O–H groups in total. The summed E-state index contributed by atoms with van der Waals surface area (Å²) in [5, 5.41) is 2.72. The van der Waals surface area contributed by atoms with E-state index in [-0.39, 0.29) is 35.7 Å². The zero-order valence-electron chi connectivity index (χ0n) is 13.1. The summed E-state index contributed by atoms with van der Waals surface area (Å²) in [5.74, 6) is -0.458. The molecule has 2 rings (SSSR count). The molecule has 0 radical (unpaired) electrons. The molecule has 23 heavy (non-hydrogen) atoms. The summed E-state index contributed by atoms with van der Waals surface area (Å²) in [6, 6.07) is 6.44. The van der Waals surface area contributed by atoms with Crippen LogP contribution in [0.3, 0.4) is 0 Å². The quantitative estimate of drug-likeness (QED) is 0.801. The molecule has 1 aliphatic heterocycles. The van der Waals surface area contributed by atoms with Gasteiger partial charge in [0, 0.05) is 12.1 Å². The van der Waals surface area contributed by atoms with Crippen molar-refractivity contribution in [2.75, 3.05) is 23.4 Å². The van der Waals surface area contributed by atoms with Crippen molar-refractivity contribution in [1.82, 2.24) is 0 Å². The van der Waals surface area contributed by atoms with Gasteiger partial charge in [0.15, 0.2) is 9.84 Å². The Morgan fingerprint density at radius 2 is 1.96 bits per heavy atom. The molecule has 1 aromatic carbocycles. The fraction of sp³-hybridized carbons (Fsp3) is 0.500. The summed E-state index contributed by atoms with van der Waals surface area (Å²) in [7, 11) is -2.97. The fourth-order valence-electron chi connectivity index (χ4n) is 2.47. The van der Waals surface area contributed by atoms with Gasteiger partial charge in [0.05, 0.1) is 23.7 Å². The minimum absolute atomic E-state index is 0.0859. The molecule has 1 fully saturated rings. The van der Waals surface area contributed by atoms with Gasteiger partial charge in [0.2, 0.25) is 5.91 Å². The Bertz CT molecular complexity index is 666. The van der Waals surface area contributed by atoms with Gasteiger partial charge in [-0.25, -0.2) is 13.2 Å². The lowest BCUT2D eigenvalue weighted by molar-refractivity contribution is -0.116. The van der Waals surface area contributed by atoms with Crippen molar-refractivity contribution in [2.24, 2.45) is 5.92 Å². The first-order valence-corrected chi connectivity index (χ1v) is 9.49. The van der Waals surface area contributed by atoms with Crippen molar-refractivity contribution in [2.45, 2.75) is 26.2 Å². The zero-order chi connectivity index (χ0) is 16.9. The molecule has 0 aliphatic carbocycles. The number of hydrogen-bond acceptors (Lipinski definition) is 5. The molecule has 1 amide bonds. The molecule has 0 spiro atoms. The summed E-state index contributed by atoms with van der Waals surface area (Å²) in [5.41, 5.74) is 1.00. The van der Waals surface area contributed by atoms with Crippen LogP contribution in [0.4, 0.5) is 5.69 Å².